The van der Waals surface area contributed by atoms with E-state index < -0.39 is 5.60 Å². The lowest BCUT2D eigenvalue weighted by Crippen LogP contribution is -2.26. The molecule has 0 saturated carbocycles. The number of rotatable bonds is 1. The molecule has 0 fully saturated rings. The van der Waals surface area contributed by atoms with Crippen molar-refractivity contribution in [3.05, 3.63) is 120 Å². The van der Waals surface area contributed by atoms with Gasteiger partial charge in [0, 0.05) is 16.7 Å². The monoisotopic (exact) mass is 358 g/mol. The first kappa shape index (κ1) is 15.6. The normalized spacial score (nSPS) is 17.6. The van der Waals surface area contributed by atoms with Crippen LogP contribution in [0.15, 0.2) is 103 Å². The fourth-order valence-corrected chi connectivity index (χ4v) is 4.77. The lowest BCUT2D eigenvalue weighted by molar-refractivity contribution is 0.132. The Hall–Kier alpha value is -3.42. The molecule has 1 aliphatic carbocycles. The first-order chi connectivity index (χ1) is 13.8. The standard InChI is InChI=1S/C27H18O/c28-27(24-15-7-11-18-8-3-4-12-21(18)24)25-14-6-5-13-22(25)23-16-19-9-1-2-10-20(19)17-26(23)27/h1-17,28H. The van der Waals surface area contributed by atoms with Gasteiger partial charge in [-0.15, -0.1) is 0 Å². The van der Waals surface area contributed by atoms with E-state index in [2.05, 4.69) is 66.7 Å². The van der Waals surface area contributed by atoms with Gasteiger partial charge in [0.1, 0.15) is 5.60 Å². The van der Waals surface area contributed by atoms with Crippen LogP contribution in [-0.2, 0) is 5.60 Å². The average molecular weight is 358 g/mol. The molecular formula is C27H18O. The maximum Gasteiger partial charge on any atom is 0.142 e. The Morgan fingerprint density at radius 2 is 1.07 bits per heavy atom. The fourth-order valence-electron chi connectivity index (χ4n) is 4.77. The quantitative estimate of drug-likeness (QED) is 0.375. The van der Waals surface area contributed by atoms with Crippen LogP contribution in [0.5, 0.6) is 0 Å². The lowest BCUT2D eigenvalue weighted by Gasteiger charge is -2.28. The van der Waals surface area contributed by atoms with Crippen molar-refractivity contribution in [1.82, 2.24) is 0 Å². The predicted molar refractivity (Wildman–Crippen MR) is 115 cm³/mol. The average Bonchev–Trinajstić information content (AvgIpc) is 3.01. The summed E-state index contributed by atoms with van der Waals surface area (Å²) in [7, 11) is 0. The number of benzene rings is 5. The minimum absolute atomic E-state index is 0.937. The Balaban J connectivity index is 1.77. The summed E-state index contributed by atoms with van der Waals surface area (Å²) in [6, 6.07) is 35.5. The van der Waals surface area contributed by atoms with E-state index in [1.165, 1.54) is 5.39 Å². The molecule has 28 heavy (non-hydrogen) atoms. The zero-order chi connectivity index (χ0) is 18.7. The maximum absolute atomic E-state index is 12.3. The Morgan fingerprint density at radius 3 is 1.93 bits per heavy atom. The molecule has 132 valence electrons. The van der Waals surface area contributed by atoms with Gasteiger partial charge in [-0.1, -0.05) is 91.0 Å². The van der Waals surface area contributed by atoms with Crippen molar-refractivity contribution in [2.75, 3.05) is 0 Å². The molecule has 0 radical (unpaired) electrons. The number of hydrogen-bond donors (Lipinski definition) is 1. The minimum atomic E-state index is -1.17. The van der Waals surface area contributed by atoms with Crippen molar-refractivity contribution in [3.8, 4) is 11.1 Å². The van der Waals surface area contributed by atoms with Crippen molar-refractivity contribution in [2.45, 2.75) is 5.60 Å². The first-order valence-corrected chi connectivity index (χ1v) is 9.60. The zero-order valence-electron chi connectivity index (χ0n) is 15.3. The molecule has 0 bridgehead atoms. The van der Waals surface area contributed by atoms with Gasteiger partial charge in [0.15, 0.2) is 0 Å². The second-order valence-corrected chi connectivity index (χ2v) is 7.53. The number of aliphatic hydroxyl groups is 1. The Bertz CT molecular complexity index is 1380. The largest absolute Gasteiger partial charge is 0.376 e. The van der Waals surface area contributed by atoms with Gasteiger partial charge in [0.2, 0.25) is 0 Å². The van der Waals surface area contributed by atoms with Gasteiger partial charge < -0.3 is 5.11 Å². The lowest BCUT2D eigenvalue weighted by atomic mass is 9.81. The molecule has 5 aromatic rings. The maximum atomic E-state index is 12.3. The molecule has 1 unspecified atom stereocenters. The van der Waals surface area contributed by atoms with Crippen molar-refractivity contribution >= 4 is 21.5 Å². The molecule has 1 N–H and O–H groups in total. The number of fused-ring (bicyclic) bond motifs is 5. The molecule has 1 atom stereocenters. The molecule has 1 aliphatic rings. The minimum Gasteiger partial charge on any atom is -0.376 e. The molecule has 5 aromatic carbocycles. The smallest absolute Gasteiger partial charge is 0.142 e. The summed E-state index contributed by atoms with van der Waals surface area (Å²) >= 11 is 0. The predicted octanol–water partition coefficient (Wildman–Crippen LogP) is 6.26. The fraction of sp³-hybridized carbons (Fsp3) is 0.0370. The molecular weight excluding hydrogens is 340 g/mol. The van der Waals surface area contributed by atoms with E-state index in [0.717, 1.165) is 44.0 Å². The van der Waals surface area contributed by atoms with Gasteiger partial charge in [-0.2, -0.15) is 0 Å². The van der Waals surface area contributed by atoms with Crippen molar-refractivity contribution < 1.29 is 5.11 Å². The van der Waals surface area contributed by atoms with E-state index in [9.17, 15) is 5.11 Å². The van der Waals surface area contributed by atoms with Crippen LogP contribution in [0.25, 0.3) is 32.7 Å². The molecule has 0 amide bonds. The summed E-state index contributed by atoms with van der Waals surface area (Å²) in [5.41, 5.74) is 3.91. The highest BCUT2D eigenvalue weighted by atomic mass is 16.3. The Morgan fingerprint density at radius 1 is 0.464 bits per heavy atom. The van der Waals surface area contributed by atoms with E-state index in [-0.39, 0.29) is 0 Å². The van der Waals surface area contributed by atoms with Gasteiger partial charge in [-0.3, -0.25) is 0 Å². The third-order valence-electron chi connectivity index (χ3n) is 6.06. The highest BCUT2D eigenvalue weighted by Crippen LogP contribution is 2.53. The SMILES string of the molecule is OC1(c2cccc3ccccc23)c2ccccc2-c2cc3ccccc3cc21. The van der Waals surface area contributed by atoms with Crippen LogP contribution in [-0.4, -0.2) is 5.11 Å². The zero-order valence-corrected chi connectivity index (χ0v) is 15.3. The molecule has 0 saturated heterocycles. The van der Waals surface area contributed by atoms with Gasteiger partial charge in [-0.05, 0) is 44.8 Å². The van der Waals surface area contributed by atoms with Gasteiger partial charge in [0.05, 0.1) is 0 Å². The third-order valence-corrected chi connectivity index (χ3v) is 6.06. The summed E-state index contributed by atoms with van der Waals surface area (Å²) in [6.45, 7) is 0. The second-order valence-electron chi connectivity index (χ2n) is 7.53. The molecule has 0 spiro atoms. The van der Waals surface area contributed by atoms with Crippen LogP contribution in [0.3, 0.4) is 0 Å². The highest BCUT2D eigenvalue weighted by molar-refractivity contribution is 5.96. The molecule has 0 aromatic heterocycles. The van der Waals surface area contributed by atoms with Crippen LogP contribution in [0.1, 0.15) is 16.7 Å². The molecule has 0 heterocycles. The number of hydrogen-bond acceptors (Lipinski definition) is 1. The van der Waals surface area contributed by atoms with Crippen LogP contribution >= 0.6 is 0 Å². The molecule has 1 nitrogen and oxygen atoms in total. The summed E-state index contributed by atoms with van der Waals surface area (Å²) in [5.74, 6) is 0. The Labute approximate surface area is 163 Å². The van der Waals surface area contributed by atoms with E-state index in [1.54, 1.807) is 0 Å². The molecule has 1 heteroatoms. The third kappa shape index (κ3) is 1.94. The van der Waals surface area contributed by atoms with Crippen LogP contribution in [0.4, 0.5) is 0 Å². The first-order valence-electron chi connectivity index (χ1n) is 9.60. The van der Waals surface area contributed by atoms with Crippen molar-refractivity contribution in [2.24, 2.45) is 0 Å². The Kier molecular flexibility index (Phi) is 3.09. The van der Waals surface area contributed by atoms with E-state index in [4.69, 9.17) is 0 Å². The highest BCUT2D eigenvalue weighted by Gasteiger charge is 2.43. The molecule has 6 rings (SSSR count). The molecule has 0 aliphatic heterocycles. The van der Waals surface area contributed by atoms with Crippen molar-refractivity contribution in [3.63, 3.8) is 0 Å². The second kappa shape index (κ2) is 5.54. The van der Waals surface area contributed by atoms with Crippen LogP contribution in [0.2, 0.25) is 0 Å². The van der Waals surface area contributed by atoms with E-state index in [1.807, 2.05) is 36.4 Å². The van der Waals surface area contributed by atoms with Crippen molar-refractivity contribution in [1.29, 1.82) is 0 Å². The van der Waals surface area contributed by atoms with E-state index in [0.29, 0.717) is 0 Å². The summed E-state index contributed by atoms with van der Waals surface area (Å²) < 4.78 is 0. The van der Waals surface area contributed by atoms with E-state index >= 15 is 0 Å². The van der Waals surface area contributed by atoms with Crippen LogP contribution < -0.4 is 0 Å². The van der Waals surface area contributed by atoms with Gasteiger partial charge >= 0.3 is 0 Å². The van der Waals surface area contributed by atoms with Gasteiger partial charge in [0.25, 0.3) is 0 Å². The van der Waals surface area contributed by atoms with Crippen LogP contribution in [0, 0.1) is 0 Å². The topological polar surface area (TPSA) is 20.2 Å². The summed E-state index contributed by atoms with van der Waals surface area (Å²) in [4.78, 5) is 0. The van der Waals surface area contributed by atoms with Gasteiger partial charge in [-0.25, -0.2) is 0 Å². The summed E-state index contributed by atoms with van der Waals surface area (Å²) in [5, 5.41) is 16.9. The summed E-state index contributed by atoms with van der Waals surface area (Å²) in [6.07, 6.45) is 0.